The quantitative estimate of drug-likeness (QED) is 0.165. The number of fused-ring (bicyclic) bond motifs is 12. The first kappa shape index (κ1) is 46.7. The Labute approximate surface area is 438 Å². The minimum absolute atomic E-state index is 0.00469. The number of furan rings is 1. The van der Waals surface area contributed by atoms with Crippen LogP contribution in [-0.4, -0.2) is 6.85 Å². The van der Waals surface area contributed by atoms with Gasteiger partial charge in [0.2, 0.25) is 5.88 Å². The number of nitrogens with zero attached hydrogens (tertiary/aromatic N) is 2. The van der Waals surface area contributed by atoms with E-state index < -0.39 is 0 Å². The fraction of sp³-hybridized carbons (Fsp3) is 0.353. The number of rotatable bonds is 3. The minimum Gasteiger partial charge on any atom is -0.440 e. The zero-order valence-corrected chi connectivity index (χ0v) is 46.6. The Morgan fingerprint density at radius 1 is 0.493 bits per heavy atom. The maximum absolute atomic E-state index is 7.79. The largest absolute Gasteiger partial charge is 0.440 e. The average Bonchev–Trinajstić information content (AvgIpc) is 3.91. The summed E-state index contributed by atoms with van der Waals surface area (Å²) in [6.45, 7) is 33.5. The molecule has 7 aromatic carbocycles. The summed E-state index contributed by atoms with van der Waals surface area (Å²) in [5.74, 6) is 0.914. The lowest BCUT2D eigenvalue weighted by molar-refractivity contribution is 0.332. The lowest BCUT2D eigenvalue weighted by Crippen LogP contribution is -2.61. The van der Waals surface area contributed by atoms with Gasteiger partial charge in [-0.25, -0.2) is 0 Å². The first-order valence-electron chi connectivity index (χ1n) is 27.1. The number of benzene rings is 7. The van der Waals surface area contributed by atoms with Crippen molar-refractivity contribution in [1.82, 2.24) is 0 Å². The molecule has 4 heterocycles. The number of thiophene rings is 1. The van der Waals surface area contributed by atoms with Crippen LogP contribution in [0.5, 0.6) is 0 Å². The Morgan fingerprint density at radius 2 is 1.07 bits per heavy atom. The average molecular weight is 975 g/mol. The van der Waals surface area contributed by atoms with Crippen LogP contribution in [0.4, 0.5) is 28.6 Å². The molecule has 3 nitrogen and oxygen atoms in total. The Bertz CT molecular complexity index is 3790. The van der Waals surface area contributed by atoms with Crippen LogP contribution >= 0.6 is 11.3 Å². The van der Waals surface area contributed by atoms with Gasteiger partial charge in [-0.15, -0.1) is 11.3 Å². The first-order valence-corrected chi connectivity index (χ1v) is 27.9. The topological polar surface area (TPSA) is 19.6 Å². The first-order chi connectivity index (χ1) is 34.4. The van der Waals surface area contributed by atoms with E-state index in [2.05, 4.69) is 234 Å². The van der Waals surface area contributed by atoms with Crippen LogP contribution < -0.4 is 20.6 Å². The maximum atomic E-state index is 7.79. The normalized spacial score (nSPS) is 18.1. The fourth-order valence-corrected chi connectivity index (χ4v) is 14.7. The second-order valence-corrected chi connectivity index (χ2v) is 28.2. The van der Waals surface area contributed by atoms with E-state index >= 15 is 0 Å². The van der Waals surface area contributed by atoms with Crippen LogP contribution in [-0.2, 0) is 32.5 Å². The van der Waals surface area contributed by atoms with E-state index in [0.29, 0.717) is 0 Å². The summed E-state index contributed by atoms with van der Waals surface area (Å²) in [5, 5.41) is 3.89. The maximum Gasteiger partial charge on any atom is 0.337 e. The van der Waals surface area contributed by atoms with Gasteiger partial charge in [-0.3, -0.25) is 4.90 Å². The Morgan fingerprint density at radius 3 is 1.73 bits per heavy atom. The van der Waals surface area contributed by atoms with Gasteiger partial charge < -0.3 is 9.23 Å². The van der Waals surface area contributed by atoms with E-state index in [0.717, 1.165) is 36.4 Å². The zero-order chi connectivity index (χ0) is 51.1. The molecule has 4 aliphatic rings. The van der Waals surface area contributed by atoms with Crippen molar-refractivity contribution >= 4 is 88.9 Å². The van der Waals surface area contributed by atoms with E-state index in [9.17, 15) is 0 Å². The molecule has 0 unspecified atom stereocenters. The lowest BCUT2D eigenvalue weighted by atomic mass is 9.43. The van der Waals surface area contributed by atoms with Gasteiger partial charge in [0.1, 0.15) is 5.58 Å². The van der Waals surface area contributed by atoms with E-state index in [4.69, 9.17) is 4.42 Å². The second-order valence-electron chi connectivity index (χ2n) is 27.1. The molecule has 0 saturated carbocycles. The highest BCUT2D eigenvalue weighted by molar-refractivity contribution is 7.26. The number of hydrogen-bond donors (Lipinski definition) is 0. The Kier molecular flexibility index (Phi) is 9.78. The summed E-state index contributed by atoms with van der Waals surface area (Å²) < 4.78 is 10.4. The van der Waals surface area contributed by atoms with Gasteiger partial charge in [-0.2, -0.15) is 0 Å². The smallest absolute Gasteiger partial charge is 0.337 e. The second kappa shape index (κ2) is 15.3. The van der Waals surface area contributed by atoms with E-state index in [1.54, 1.807) is 0 Å². The van der Waals surface area contributed by atoms with Crippen LogP contribution in [0.15, 0.2) is 132 Å². The summed E-state index contributed by atoms with van der Waals surface area (Å²) in [7, 11) is 0. The molecule has 368 valence electrons. The van der Waals surface area contributed by atoms with Crippen molar-refractivity contribution in [2.45, 2.75) is 155 Å². The van der Waals surface area contributed by atoms with E-state index in [-0.39, 0.29) is 39.3 Å². The SMILES string of the molecule is CC(C)(C)c1ccc2c(c1)-c1c3c(cc4sc5ccccc5c14)N(c1ccc(C(C)(C)C)cc1-c1ccccc1)c1oc4cc5c(cc4c1B3N2c1ccc2c(c1)C(C)(C)CCC2(C)C)C(C)(C)CCC5(C)C. The molecule has 13 rings (SSSR count). The molecule has 0 fully saturated rings. The summed E-state index contributed by atoms with van der Waals surface area (Å²) in [6.07, 6.45) is 4.61. The highest BCUT2D eigenvalue weighted by Crippen LogP contribution is 2.57. The van der Waals surface area contributed by atoms with Gasteiger partial charge in [-0.05, 0) is 169 Å². The Hall–Kier alpha value is -6.04. The molecule has 0 amide bonds. The molecule has 0 bridgehead atoms. The molecule has 2 aliphatic heterocycles. The number of anilines is 5. The lowest BCUT2D eigenvalue weighted by Gasteiger charge is -2.46. The van der Waals surface area contributed by atoms with Crippen molar-refractivity contribution in [3.8, 4) is 22.3 Å². The van der Waals surface area contributed by atoms with Gasteiger partial charge in [0.05, 0.1) is 5.69 Å². The molecule has 0 saturated heterocycles. The van der Waals surface area contributed by atoms with Gasteiger partial charge in [0, 0.05) is 59.2 Å². The molecule has 2 aromatic heterocycles. The molecule has 0 radical (unpaired) electrons. The van der Waals surface area contributed by atoms with Gasteiger partial charge in [0.15, 0.2) is 0 Å². The fourth-order valence-electron chi connectivity index (χ4n) is 13.6. The van der Waals surface area contributed by atoms with Crippen LogP contribution in [0.25, 0.3) is 53.4 Å². The van der Waals surface area contributed by atoms with Crippen molar-refractivity contribution < 1.29 is 4.42 Å². The van der Waals surface area contributed by atoms with E-state index in [1.807, 2.05) is 11.3 Å². The van der Waals surface area contributed by atoms with Crippen LogP contribution in [0.2, 0.25) is 0 Å². The Balaban J connectivity index is 1.23. The minimum atomic E-state index is -0.210. The van der Waals surface area contributed by atoms with Crippen molar-refractivity contribution in [2.24, 2.45) is 0 Å². The predicted octanol–water partition coefficient (Wildman–Crippen LogP) is 18.5. The molecule has 5 heteroatoms. The molecule has 0 atom stereocenters. The highest BCUT2D eigenvalue weighted by atomic mass is 32.1. The third-order valence-corrected chi connectivity index (χ3v) is 19.4. The van der Waals surface area contributed by atoms with Crippen molar-refractivity contribution in [2.75, 3.05) is 9.71 Å². The predicted molar refractivity (Wildman–Crippen MR) is 316 cm³/mol. The molecule has 0 spiro atoms. The van der Waals surface area contributed by atoms with Gasteiger partial charge >= 0.3 is 6.85 Å². The summed E-state index contributed by atoms with van der Waals surface area (Å²) in [4.78, 5) is 5.32. The summed E-state index contributed by atoms with van der Waals surface area (Å²) in [6, 6.07) is 50.0. The molecule has 9 aromatic rings. The zero-order valence-electron chi connectivity index (χ0n) is 45.7. The third kappa shape index (κ3) is 6.89. The van der Waals surface area contributed by atoms with E-state index in [1.165, 1.54) is 116 Å². The summed E-state index contributed by atoms with van der Waals surface area (Å²) in [5.41, 5.74) is 21.9. The van der Waals surface area contributed by atoms with Crippen LogP contribution in [0.3, 0.4) is 0 Å². The van der Waals surface area contributed by atoms with Crippen LogP contribution in [0.1, 0.15) is 156 Å². The third-order valence-electron chi connectivity index (χ3n) is 18.3. The van der Waals surface area contributed by atoms with Crippen molar-refractivity contribution in [1.29, 1.82) is 0 Å². The number of hydrogen-bond acceptors (Lipinski definition) is 4. The molecule has 0 N–H and O–H groups in total. The molecular formula is C68H71BN2OS. The van der Waals surface area contributed by atoms with Gasteiger partial charge in [-0.1, -0.05) is 164 Å². The molecular weight excluding hydrogens is 904 g/mol. The standard InChI is InChI=1S/C68H71BN2OS/c1-63(2,3)41-24-28-52(45(34-41)40-20-16-15-17-21-40)70-54-39-57-58(44-22-18-19-23-56(44)73-57)59-46-35-42(64(4,5)6)25-29-53(46)71(43-26-27-48-49(36-43)66(9,10)31-30-65(48,7)8)69(61(54)59)60-47-37-50-51(38-55(47)72-62(60)70)68(13,14)33-32-67(50,11)12/h15-29,34-39H,30-33H2,1-14H3. The van der Waals surface area contributed by atoms with Crippen molar-refractivity contribution in [3.63, 3.8) is 0 Å². The highest BCUT2D eigenvalue weighted by Gasteiger charge is 2.51. The molecule has 2 aliphatic carbocycles. The van der Waals surface area contributed by atoms with Crippen molar-refractivity contribution in [3.05, 3.63) is 161 Å². The van der Waals surface area contributed by atoms with Crippen LogP contribution in [0, 0.1) is 0 Å². The molecule has 73 heavy (non-hydrogen) atoms. The monoisotopic (exact) mass is 975 g/mol. The summed E-state index contributed by atoms with van der Waals surface area (Å²) >= 11 is 1.92. The van der Waals surface area contributed by atoms with Gasteiger partial charge in [0.25, 0.3) is 0 Å².